The number of nitro benzene ring substituents is 1. The molecule has 0 aliphatic heterocycles. The Bertz CT molecular complexity index is 507. The van der Waals surface area contributed by atoms with Crippen LogP contribution in [0.25, 0.3) is 0 Å². The van der Waals surface area contributed by atoms with Gasteiger partial charge in [0.05, 0.1) is 16.5 Å². The minimum Gasteiger partial charge on any atom is -0.344 e. The molecule has 1 aromatic rings. The Morgan fingerprint density at radius 3 is 2.47 bits per heavy atom. The van der Waals surface area contributed by atoms with Gasteiger partial charge in [-0.2, -0.15) is 0 Å². The summed E-state index contributed by atoms with van der Waals surface area (Å²) in [5.41, 5.74) is -1.53. The lowest BCUT2D eigenvalue weighted by Gasteiger charge is -2.25. The third-order valence-electron chi connectivity index (χ3n) is 2.36. The standard InChI is InChI=1S/C11H11Cl2FN2O3/c1-11(5-12,6-13)15-10(17)7-2-8(14)4-9(3-7)16(18)19/h2-4H,5-6H2,1H3,(H,15,17). The molecule has 0 aromatic heterocycles. The third-order valence-corrected chi connectivity index (χ3v) is 3.54. The van der Waals surface area contributed by atoms with E-state index in [1.54, 1.807) is 6.92 Å². The molecule has 0 aliphatic carbocycles. The van der Waals surface area contributed by atoms with Crippen LogP contribution in [0.4, 0.5) is 10.1 Å². The number of benzene rings is 1. The zero-order valence-corrected chi connectivity index (χ0v) is 11.5. The fraction of sp³-hybridized carbons (Fsp3) is 0.364. The van der Waals surface area contributed by atoms with Crippen LogP contribution >= 0.6 is 23.2 Å². The van der Waals surface area contributed by atoms with Crippen molar-refractivity contribution in [1.82, 2.24) is 5.32 Å². The van der Waals surface area contributed by atoms with E-state index in [9.17, 15) is 19.3 Å². The van der Waals surface area contributed by atoms with Crippen molar-refractivity contribution < 1.29 is 14.1 Å². The number of hydrogen-bond donors (Lipinski definition) is 1. The summed E-state index contributed by atoms with van der Waals surface area (Å²) in [5.74, 6) is -1.43. The maximum atomic E-state index is 13.2. The van der Waals surface area contributed by atoms with Crippen molar-refractivity contribution in [2.24, 2.45) is 0 Å². The van der Waals surface area contributed by atoms with E-state index in [2.05, 4.69) is 5.32 Å². The Morgan fingerprint density at radius 2 is 2.00 bits per heavy atom. The van der Waals surface area contributed by atoms with Gasteiger partial charge in [-0.3, -0.25) is 14.9 Å². The van der Waals surface area contributed by atoms with E-state index < -0.39 is 27.9 Å². The number of nitrogens with zero attached hydrogens (tertiary/aromatic N) is 1. The molecule has 0 atom stereocenters. The molecule has 19 heavy (non-hydrogen) atoms. The van der Waals surface area contributed by atoms with Crippen molar-refractivity contribution in [3.8, 4) is 0 Å². The first-order valence-electron chi connectivity index (χ1n) is 5.21. The number of non-ortho nitro benzene ring substituents is 1. The van der Waals surface area contributed by atoms with Crippen molar-refractivity contribution in [2.45, 2.75) is 12.5 Å². The molecule has 0 spiro atoms. The highest BCUT2D eigenvalue weighted by Gasteiger charge is 2.26. The van der Waals surface area contributed by atoms with E-state index in [-0.39, 0.29) is 17.3 Å². The van der Waals surface area contributed by atoms with Crippen LogP contribution in [-0.4, -0.2) is 28.1 Å². The van der Waals surface area contributed by atoms with Crippen LogP contribution in [0.15, 0.2) is 18.2 Å². The summed E-state index contributed by atoms with van der Waals surface area (Å²) in [5, 5.41) is 13.1. The SMILES string of the molecule is CC(CCl)(CCl)NC(=O)c1cc(F)cc([N+](=O)[O-])c1. The van der Waals surface area contributed by atoms with Crippen LogP contribution < -0.4 is 5.32 Å². The molecule has 1 aromatic carbocycles. The lowest BCUT2D eigenvalue weighted by molar-refractivity contribution is -0.385. The van der Waals surface area contributed by atoms with Crippen molar-refractivity contribution in [3.63, 3.8) is 0 Å². The van der Waals surface area contributed by atoms with Gasteiger partial charge in [0, 0.05) is 23.4 Å². The molecule has 5 nitrogen and oxygen atoms in total. The summed E-state index contributed by atoms with van der Waals surface area (Å²) in [6.45, 7) is 1.61. The number of nitro groups is 1. The summed E-state index contributed by atoms with van der Waals surface area (Å²) in [4.78, 5) is 21.7. The van der Waals surface area contributed by atoms with Gasteiger partial charge in [-0.05, 0) is 13.0 Å². The van der Waals surface area contributed by atoms with Crippen molar-refractivity contribution in [3.05, 3.63) is 39.7 Å². The number of carbonyl (C=O) groups excluding carboxylic acids is 1. The van der Waals surface area contributed by atoms with Crippen LogP contribution in [0.1, 0.15) is 17.3 Å². The quantitative estimate of drug-likeness (QED) is 0.516. The number of alkyl halides is 2. The molecule has 0 saturated carbocycles. The van der Waals surface area contributed by atoms with Gasteiger partial charge in [-0.25, -0.2) is 4.39 Å². The lowest BCUT2D eigenvalue weighted by Crippen LogP contribution is -2.49. The number of rotatable bonds is 5. The minimum absolute atomic E-state index is 0.0552. The van der Waals surface area contributed by atoms with Crippen LogP contribution in [0.2, 0.25) is 0 Å². The zero-order valence-electron chi connectivity index (χ0n) is 9.95. The highest BCUT2D eigenvalue weighted by atomic mass is 35.5. The Labute approximate surface area is 118 Å². The average molecular weight is 309 g/mol. The minimum atomic E-state index is -0.874. The maximum Gasteiger partial charge on any atom is 0.273 e. The van der Waals surface area contributed by atoms with Gasteiger partial charge in [0.15, 0.2) is 0 Å². The molecule has 0 radical (unpaired) electrons. The van der Waals surface area contributed by atoms with Crippen molar-refractivity contribution in [1.29, 1.82) is 0 Å². The van der Waals surface area contributed by atoms with Crippen molar-refractivity contribution in [2.75, 3.05) is 11.8 Å². The van der Waals surface area contributed by atoms with Gasteiger partial charge >= 0.3 is 0 Å². The van der Waals surface area contributed by atoms with Gasteiger partial charge < -0.3 is 5.32 Å². The second-order valence-corrected chi connectivity index (χ2v) is 4.77. The van der Waals surface area contributed by atoms with E-state index in [1.165, 1.54) is 0 Å². The Balaban J connectivity index is 3.03. The number of nitrogens with one attached hydrogen (secondary N) is 1. The van der Waals surface area contributed by atoms with Crippen molar-refractivity contribution >= 4 is 34.8 Å². The summed E-state index contributed by atoms with van der Waals surface area (Å²) in [6.07, 6.45) is 0. The largest absolute Gasteiger partial charge is 0.344 e. The van der Waals surface area contributed by atoms with E-state index in [1.807, 2.05) is 0 Å². The van der Waals surface area contributed by atoms with Gasteiger partial charge in [-0.1, -0.05) is 0 Å². The molecule has 0 bridgehead atoms. The molecule has 104 valence electrons. The fourth-order valence-electron chi connectivity index (χ4n) is 1.26. The van der Waals surface area contributed by atoms with Gasteiger partial charge in [0.25, 0.3) is 11.6 Å². The predicted molar refractivity (Wildman–Crippen MR) is 70.4 cm³/mol. The molecule has 0 heterocycles. The highest BCUT2D eigenvalue weighted by molar-refractivity contribution is 6.22. The summed E-state index contributed by atoms with van der Waals surface area (Å²) in [7, 11) is 0. The van der Waals surface area contributed by atoms with E-state index in [0.717, 1.165) is 18.2 Å². The van der Waals surface area contributed by atoms with Crippen LogP contribution in [0.3, 0.4) is 0 Å². The molecule has 0 fully saturated rings. The number of halogens is 3. The maximum absolute atomic E-state index is 13.2. The molecule has 0 unspecified atom stereocenters. The normalized spacial score (nSPS) is 11.2. The fourth-order valence-corrected chi connectivity index (χ4v) is 1.68. The van der Waals surface area contributed by atoms with Gasteiger partial charge in [0.2, 0.25) is 0 Å². The summed E-state index contributed by atoms with van der Waals surface area (Å²) < 4.78 is 13.2. The average Bonchev–Trinajstić information content (AvgIpc) is 2.37. The first kappa shape index (κ1) is 15.7. The Kier molecular flexibility index (Phi) is 5.08. The Hall–Kier alpha value is -1.40. The molecule has 8 heteroatoms. The Morgan fingerprint density at radius 1 is 1.42 bits per heavy atom. The van der Waals surface area contributed by atoms with E-state index >= 15 is 0 Å². The molecule has 1 rings (SSSR count). The highest BCUT2D eigenvalue weighted by Crippen LogP contribution is 2.17. The van der Waals surface area contributed by atoms with Gasteiger partial charge in [-0.15, -0.1) is 23.2 Å². The first-order chi connectivity index (χ1) is 8.81. The molecule has 0 aliphatic rings. The molecular weight excluding hydrogens is 298 g/mol. The molecular formula is C11H11Cl2FN2O3. The lowest BCUT2D eigenvalue weighted by atomic mass is 10.1. The summed E-state index contributed by atoms with van der Waals surface area (Å²) >= 11 is 11.3. The van der Waals surface area contributed by atoms with Crippen LogP contribution in [0.5, 0.6) is 0 Å². The van der Waals surface area contributed by atoms with E-state index in [0.29, 0.717) is 0 Å². The second-order valence-electron chi connectivity index (χ2n) is 4.24. The first-order valence-corrected chi connectivity index (χ1v) is 6.27. The molecule has 1 amide bonds. The molecule has 0 saturated heterocycles. The third kappa shape index (κ3) is 4.04. The van der Waals surface area contributed by atoms with E-state index in [4.69, 9.17) is 23.2 Å². The topological polar surface area (TPSA) is 72.2 Å². The number of amides is 1. The molecule has 1 N–H and O–H groups in total. The monoisotopic (exact) mass is 308 g/mol. The van der Waals surface area contributed by atoms with Crippen LogP contribution in [-0.2, 0) is 0 Å². The zero-order chi connectivity index (χ0) is 14.6. The number of carbonyl (C=O) groups is 1. The van der Waals surface area contributed by atoms with Gasteiger partial charge in [0.1, 0.15) is 5.82 Å². The number of hydrogen-bond acceptors (Lipinski definition) is 3. The smallest absolute Gasteiger partial charge is 0.273 e. The second kappa shape index (κ2) is 6.16. The van der Waals surface area contributed by atoms with Crippen LogP contribution in [0, 0.1) is 15.9 Å². The predicted octanol–water partition coefficient (Wildman–Crippen LogP) is 2.70. The summed E-state index contributed by atoms with van der Waals surface area (Å²) in [6, 6.07) is 2.63.